The number of alkyl halides is 3. The van der Waals surface area contributed by atoms with Gasteiger partial charge in [0.05, 0.1) is 30.4 Å². The number of carbonyl (C=O) groups excluding carboxylic acids is 1. The summed E-state index contributed by atoms with van der Waals surface area (Å²) in [4.78, 5) is 13.5. The molecule has 1 unspecified atom stereocenters. The van der Waals surface area contributed by atoms with Crippen molar-refractivity contribution in [1.82, 2.24) is 4.90 Å². The van der Waals surface area contributed by atoms with Gasteiger partial charge in [-0.3, -0.25) is 4.79 Å². The van der Waals surface area contributed by atoms with Crippen molar-refractivity contribution < 1.29 is 27.1 Å². The lowest BCUT2D eigenvalue weighted by Gasteiger charge is -2.35. The van der Waals surface area contributed by atoms with Gasteiger partial charge in [0, 0.05) is 13.1 Å². The smallest absolute Gasteiger partial charge is 0.377 e. The Hall–Kier alpha value is -1.67. The van der Waals surface area contributed by atoms with Crippen molar-refractivity contribution in [3.05, 3.63) is 35.1 Å². The van der Waals surface area contributed by atoms with Gasteiger partial charge in [-0.15, -0.1) is 0 Å². The highest BCUT2D eigenvalue weighted by Crippen LogP contribution is 2.30. The van der Waals surface area contributed by atoms with Crippen molar-refractivity contribution in [2.24, 2.45) is 5.73 Å². The van der Waals surface area contributed by atoms with Gasteiger partial charge >= 0.3 is 6.18 Å². The lowest BCUT2D eigenvalue weighted by atomic mass is 10.1. The van der Waals surface area contributed by atoms with Gasteiger partial charge in [-0.2, -0.15) is 13.2 Å². The normalized spacial score (nSPS) is 19.7. The summed E-state index contributed by atoms with van der Waals surface area (Å²) in [6, 6.07) is 1.31. The first-order valence-electron chi connectivity index (χ1n) is 6.30. The number of amides is 1. The standard InChI is InChI=1S/C13H14F4N2O2/c14-11-2-1-8(13(15,16)17)5-10(11)12(20)19-3-4-21-7-9(19)6-18/h1-2,5,9H,3-4,6-7,18H2. The summed E-state index contributed by atoms with van der Waals surface area (Å²) in [6.07, 6.45) is -4.64. The summed E-state index contributed by atoms with van der Waals surface area (Å²) in [5, 5.41) is 0. The molecule has 1 aliphatic heterocycles. The van der Waals surface area contributed by atoms with E-state index in [2.05, 4.69) is 0 Å². The number of nitrogens with two attached hydrogens (primary N) is 1. The number of rotatable bonds is 2. The molecule has 1 saturated heterocycles. The van der Waals surface area contributed by atoms with Gasteiger partial charge in [0.15, 0.2) is 0 Å². The predicted octanol–water partition coefficient (Wildman–Crippen LogP) is 1.64. The molecule has 116 valence electrons. The van der Waals surface area contributed by atoms with Crippen LogP contribution < -0.4 is 5.73 Å². The highest BCUT2D eigenvalue weighted by molar-refractivity contribution is 5.95. The van der Waals surface area contributed by atoms with Crippen molar-refractivity contribution in [2.45, 2.75) is 12.2 Å². The Morgan fingerprint density at radius 1 is 1.43 bits per heavy atom. The molecule has 1 heterocycles. The topological polar surface area (TPSA) is 55.6 Å². The van der Waals surface area contributed by atoms with Crippen molar-refractivity contribution in [3.63, 3.8) is 0 Å². The minimum absolute atomic E-state index is 0.0896. The summed E-state index contributed by atoms with van der Waals surface area (Å²) in [6.45, 7) is 0.675. The first-order chi connectivity index (χ1) is 9.84. The molecule has 1 fully saturated rings. The van der Waals surface area contributed by atoms with Crippen molar-refractivity contribution in [1.29, 1.82) is 0 Å². The Kier molecular flexibility index (Phi) is 4.48. The van der Waals surface area contributed by atoms with Gasteiger partial charge in [-0.25, -0.2) is 4.39 Å². The summed E-state index contributed by atoms with van der Waals surface area (Å²) >= 11 is 0. The van der Waals surface area contributed by atoms with Crippen LogP contribution in [-0.2, 0) is 10.9 Å². The maximum absolute atomic E-state index is 13.7. The second-order valence-electron chi connectivity index (χ2n) is 4.66. The minimum atomic E-state index is -4.64. The van der Waals surface area contributed by atoms with Gasteiger partial charge in [0.2, 0.25) is 0 Å². The van der Waals surface area contributed by atoms with Gasteiger partial charge < -0.3 is 15.4 Å². The molecule has 1 atom stereocenters. The predicted molar refractivity (Wildman–Crippen MR) is 66.1 cm³/mol. The molecule has 2 N–H and O–H groups in total. The average Bonchev–Trinajstić information content (AvgIpc) is 2.45. The molecule has 2 rings (SSSR count). The Balaban J connectivity index is 2.33. The van der Waals surface area contributed by atoms with E-state index in [4.69, 9.17) is 10.5 Å². The lowest BCUT2D eigenvalue weighted by Crippen LogP contribution is -2.52. The van der Waals surface area contributed by atoms with Crippen LogP contribution in [-0.4, -0.2) is 43.2 Å². The van der Waals surface area contributed by atoms with Crippen LogP contribution in [0.1, 0.15) is 15.9 Å². The molecule has 0 radical (unpaired) electrons. The van der Waals surface area contributed by atoms with Crippen LogP contribution in [0.2, 0.25) is 0 Å². The van der Waals surface area contributed by atoms with E-state index in [1.165, 1.54) is 4.90 Å². The number of carbonyl (C=O) groups is 1. The number of nitrogens with zero attached hydrogens (tertiary/aromatic N) is 1. The van der Waals surface area contributed by atoms with E-state index < -0.39 is 35.1 Å². The average molecular weight is 306 g/mol. The second kappa shape index (κ2) is 5.98. The Morgan fingerprint density at radius 2 is 2.14 bits per heavy atom. The third-order valence-electron chi connectivity index (χ3n) is 3.28. The summed E-state index contributed by atoms with van der Waals surface area (Å²) in [5.74, 6) is -1.80. The molecule has 1 aromatic rings. The van der Waals surface area contributed by atoms with E-state index >= 15 is 0 Å². The van der Waals surface area contributed by atoms with Crippen LogP contribution >= 0.6 is 0 Å². The van der Waals surface area contributed by atoms with Crippen molar-refractivity contribution in [3.8, 4) is 0 Å². The Bertz CT molecular complexity index is 533. The number of morpholine rings is 1. The summed E-state index contributed by atoms with van der Waals surface area (Å²) in [7, 11) is 0. The molecule has 0 saturated carbocycles. The zero-order valence-corrected chi connectivity index (χ0v) is 11.0. The van der Waals surface area contributed by atoms with Gasteiger partial charge in [0.25, 0.3) is 5.91 Å². The molecule has 4 nitrogen and oxygen atoms in total. The van der Waals surface area contributed by atoms with Crippen molar-refractivity contribution in [2.75, 3.05) is 26.3 Å². The molecule has 1 amide bonds. The van der Waals surface area contributed by atoms with Gasteiger partial charge in [-0.1, -0.05) is 0 Å². The Morgan fingerprint density at radius 3 is 2.76 bits per heavy atom. The first kappa shape index (κ1) is 15.7. The van der Waals surface area contributed by atoms with E-state index in [0.29, 0.717) is 18.2 Å². The largest absolute Gasteiger partial charge is 0.416 e. The zero-order valence-electron chi connectivity index (χ0n) is 11.0. The minimum Gasteiger partial charge on any atom is -0.377 e. The number of halogens is 4. The van der Waals surface area contributed by atoms with Crippen LogP contribution in [0.4, 0.5) is 17.6 Å². The molecule has 0 aliphatic carbocycles. The third-order valence-corrected chi connectivity index (χ3v) is 3.28. The fourth-order valence-corrected chi connectivity index (χ4v) is 2.14. The van der Waals surface area contributed by atoms with Crippen LogP contribution in [0, 0.1) is 5.82 Å². The number of hydrogen-bond donors (Lipinski definition) is 1. The van der Waals surface area contributed by atoms with Crippen LogP contribution in [0.15, 0.2) is 18.2 Å². The number of hydrogen-bond acceptors (Lipinski definition) is 3. The van der Waals surface area contributed by atoms with E-state index in [0.717, 1.165) is 0 Å². The van der Waals surface area contributed by atoms with E-state index in [1.807, 2.05) is 0 Å². The van der Waals surface area contributed by atoms with E-state index in [9.17, 15) is 22.4 Å². The molecule has 21 heavy (non-hydrogen) atoms. The second-order valence-corrected chi connectivity index (χ2v) is 4.66. The number of ether oxygens (including phenoxy) is 1. The Labute approximate surface area is 118 Å². The van der Waals surface area contributed by atoms with Gasteiger partial charge in [0.1, 0.15) is 5.82 Å². The maximum Gasteiger partial charge on any atom is 0.416 e. The van der Waals surface area contributed by atoms with Gasteiger partial charge in [-0.05, 0) is 18.2 Å². The molecule has 1 aromatic carbocycles. The zero-order chi connectivity index (χ0) is 15.6. The highest BCUT2D eigenvalue weighted by atomic mass is 19.4. The van der Waals surface area contributed by atoms with Crippen LogP contribution in [0.25, 0.3) is 0 Å². The molecular weight excluding hydrogens is 292 g/mol. The van der Waals surface area contributed by atoms with Crippen LogP contribution in [0.3, 0.4) is 0 Å². The first-order valence-corrected chi connectivity index (χ1v) is 6.30. The highest BCUT2D eigenvalue weighted by Gasteiger charge is 2.34. The molecule has 0 aromatic heterocycles. The van der Waals surface area contributed by atoms with E-state index in [-0.39, 0.29) is 26.3 Å². The summed E-state index contributed by atoms with van der Waals surface area (Å²) < 4.78 is 56.8. The van der Waals surface area contributed by atoms with Crippen LogP contribution in [0.5, 0.6) is 0 Å². The monoisotopic (exact) mass is 306 g/mol. The molecule has 1 aliphatic rings. The summed E-state index contributed by atoms with van der Waals surface area (Å²) in [5.41, 5.74) is 3.83. The molecular formula is C13H14F4N2O2. The fraction of sp³-hybridized carbons (Fsp3) is 0.462. The van der Waals surface area contributed by atoms with E-state index in [1.54, 1.807) is 0 Å². The number of benzene rings is 1. The molecule has 0 spiro atoms. The van der Waals surface area contributed by atoms with Crippen molar-refractivity contribution >= 4 is 5.91 Å². The lowest BCUT2D eigenvalue weighted by molar-refractivity contribution is -0.137. The fourth-order valence-electron chi connectivity index (χ4n) is 2.14. The SMILES string of the molecule is NCC1COCCN1C(=O)c1cc(C(F)(F)F)ccc1F. The molecule has 8 heteroatoms. The quantitative estimate of drug-likeness (QED) is 0.845. The maximum atomic E-state index is 13.7. The third kappa shape index (κ3) is 3.33. The molecule has 0 bridgehead atoms.